The highest BCUT2D eigenvalue weighted by molar-refractivity contribution is 7.14. The summed E-state index contributed by atoms with van der Waals surface area (Å²) in [6.07, 6.45) is 8.62. The van der Waals surface area contributed by atoms with E-state index in [4.69, 9.17) is 0 Å². The number of ketones is 2. The second-order valence-electron chi connectivity index (χ2n) is 19.8. The van der Waals surface area contributed by atoms with Gasteiger partial charge in [-0.1, -0.05) is 168 Å². The highest BCUT2D eigenvalue weighted by Gasteiger charge is 2.37. The first-order valence-corrected chi connectivity index (χ1v) is 21.0. The van der Waals surface area contributed by atoms with Crippen molar-refractivity contribution in [2.24, 2.45) is 21.7 Å². The Bertz CT molecular complexity index is 2400. The fourth-order valence-electron chi connectivity index (χ4n) is 8.13. The van der Waals surface area contributed by atoms with Crippen molar-refractivity contribution in [2.75, 3.05) is 0 Å². The summed E-state index contributed by atoms with van der Waals surface area (Å²) in [5.41, 5.74) is 8.46. The second-order valence-corrected chi connectivity index (χ2v) is 20.9. The van der Waals surface area contributed by atoms with Crippen LogP contribution in [0.3, 0.4) is 0 Å². The smallest absolute Gasteiger partial charge is 0.186 e. The third kappa shape index (κ3) is 7.67. The zero-order valence-electron chi connectivity index (χ0n) is 35.8. The first-order chi connectivity index (χ1) is 26.6. The normalized spacial score (nSPS) is 15.8. The molecule has 0 aliphatic heterocycles. The summed E-state index contributed by atoms with van der Waals surface area (Å²) in [6, 6.07) is 34.7. The number of rotatable bonds is 4. The summed E-state index contributed by atoms with van der Waals surface area (Å²) in [5, 5.41) is 4.67. The molecule has 57 heavy (non-hydrogen) atoms. The zero-order valence-corrected chi connectivity index (χ0v) is 36.6. The molecule has 290 valence electrons. The van der Waals surface area contributed by atoms with E-state index in [1.54, 1.807) is 11.3 Å². The zero-order chi connectivity index (χ0) is 41.2. The molecule has 0 bridgehead atoms. The van der Waals surface area contributed by atoms with Gasteiger partial charge in [0.25, 0.3) is 0 Å². The molecule has 2 aliphatic rings. The summed E-state index contributed by atoms with van der Waals surface area (Å²) in [7, 11) is 0. The average Bonchev–Trinajstić information content (AvgIpc) is 3.60. The third-order valence-electron chi connectivity index (χ3n) is 11.2. The predicted molar refractivity (Wildman–Crippen MR) is 244 cm³/mol. The fraction of sp³-hybridized carbons (Fsp3) is 0.296. The average molecular weight is 769 g/mol. The molecule has 5 aromatic rings. The lowest BCUT2D eigenvalue weighted by Crippen LogP contribution is -2.28. The van der Waals surface area contributed by atoms with Gasteiger partial charge in [0.2, 0.25) is 0 Å². The van der Waals surface area contributed by atoms with Crippen LogP contribution in [0.15, 0.2) is 155 Å². The molecule has 0 amide bonds. The van der Waals surface area contributed by atoms with E-state index < -0.39 is 0 Å². The number of allylic oxidation sites excluding steroid dienone is 10. The minimum atomic E-state index is -0.351. The number of hydrogen-bond acceptors (Lipinski definition) is 3. The molecule has 0 fully saturated rings. The van der Waals surface area contributed by atoms with E-state index in [1.165, 1.54) is 21.5 Å². The fourth-order valence-corrected chi connectivity index (χ4v) is 9.30. The van der Waals surface area contributed by atoms with Crippen molar-refractivity contribution in [1.82, 2.24) is 0 Å². The summed E-state index contributed by atoms with van der Waals surface area (Å²) >= 11 is 1.78. The first-order valence-electron chi connectivity index (χ1n) is 20.2. The van der Waals surface area contributed by atoms with Crippen molar-refractivity contribution >= 4 is 55.6 Å². The Labute approximate surface area is 344 Å². The van der Waals surface area contributed by atoms with Crippen LogP contribution in [0.2, 0.25) is 0 Å². The SMILES string of the molecule is CC(C)(C)C1=CC(=C(c2ccc(C(=C3C=C(C(C)(C)C)C(=O)C(C(C)(C)C)=C3)c3cccc4ccccc34)s2)c2cccc3ccccc23)C=C(C(C)(C)C)C1=O. The molecular formula is C54H56O2S. The van der Waals surface area contributed by atoms with Crippen molar-refractivity contribution in [3.8, 4) is 0 Å². The first kappa shape index (κ1) is 40.1. The molecule has 3 heteroatoms. The Morgan fingerprint density at radius 1 is 0.386 bits per heavy atom. The Hall–Kier alpha value is -5.12. The Morgan fingerprint density at radius 2 is 0.684 bits per heavy atom. The van der Waals surface area contributed by atoms with E-state index in [2.05, 4.69) is 204 Å². The highest BCUT2D eigenvalue weighted by Crippen LogP contribution is 2.47. The van der Waals surface area contributed by atoms with Gasteiger partial charge < -0.3 is 0 Å². The van der Waals surface area contributed by atoms with Crippen molar-refractivity contribution in [1.29, 1.82) is 0 Å². The molecule has 7 rings (SSSR count). The van der Waals surface area contributed by atoms with E-state index in [-0.39, 0.29) is 33.2 Å². The van der Waals surface area contributed by atoms with Crippen LogP contribution in [-0.2, 0) is 9.59 Å². The minimum Gasteiger partial charge on any atom is -0.289 e. The van der Waals surface area contributed by atoms with Gasteiger partial charge in [0.05, 0.1) is 0 Å². The lowest BCUT2D eigenvalue weighted by molar-refractivity contribution is -0.114. The van der Waals surface area contributed by atoms with Crippen molar-refractivity contribution in [3.05, 3.63) is 176 Å². The van der Waals surface area contributed by atoms with Gasteiger partial charge in [0.15, 0.2) is 11.6 Å². The van der Waals surface area contributed by atoms with Gasteiger partial charge in [-0.3, -0.25) is 9.59 Å². The van der Waals surface area contributed by atoms with Crippen LogP contribution < -0.4 is 0 Å². The summed E-state index contributed by atoms with van der Waals surface area (Å²) < 4.78 is 0. The van der Waals surface area contributed by atoms with Crippen LogP contribution in [0, 0.1) is 21.7 Å². The molecule has 2 aliphatic carbocycles. The summed E-state index contributed by atoms with van der Waals surface area (Å²) in [5.74, 6) is 0.251. The van der Waals surface area contributed by atoms with Gasteiger partial charge in [0.1, 0.15) is 0 Å². The predicted octanol–water partition coefficient (Wildman–Crippen LogP) is 14.7. The van der Waals surface area contributed by atoms with Crippen molar-refractivity contribution in [2.45, 2.75) is 83.1 Å². The molecule has 0 spiro atoms. The van der Waals surface area contributed by atoms with E-state index in [9.17, 15) is 9.59 Å². The Kier molecular flexibility index (Phi) is 10.1. The monoisotopic (exact) mass is 768 g/mol. The largest absolute Gasteiger partial charge is 0.289 e. The quantitative estimate of drug-likeness (QED) is 0.182. The molecule has 0 N–H and O–H groups in total. The van der Waals surface area contributed by atoms with Crippen LogP contribution in [0.25, 0.3) is 32.7 Å². The molecule has 0 radical (unpaired) electrons. The van der Waals surface area contributed by atoms with Crippen LogP contribution in [-0.4, -0.2) is 11.6 Å². The molecule has 0 atom stereocenters. The molecular weight excluding hydrogens is 713 g/mol. The maximum absolute atomic E-state index is 14.2. The van der Waals surface area contributed by atoms with Crippen molar-refractivity contribution < 1.29 is 9.59 Å². The molecule has 1 heterocycles. The lowest BCUT2D eigenvalue weighted by atomic mass is 9.71. The number of fused-ring (bicyclic) bond motifs is 2. The van der Waals surface area contributed by atoms with Gasteiger partial charge >= 0.3 is 0 Å². The van der Waals surface area contributed by atoms with Gasteiger partial charge in [-0.25, -0.2) is 0 Å². The molecule has 0 unspecified atom stereocenters. The topological polar surface area (TPSA) is 34.1 Å². The van der Waals surface area contributed by atoms with Crippen molar-refractivity contribution in [3.63, 3.8) is 0 Å². The number of carbonyl (C=O) groups is 2. The van der Waals surface area contributed by atoms with E-state index in [0.29, 0.717) is 0 Å². The molecule has 2 nitrogen and oxygen atoms in total. The summed E-state index contributed by atoms with van der Waals surface area (Å²) in [6.45, 7) is 25.6. The maximum atomic E-state index is 14.2. The van der Waals surface area contributed by atoms with Gasteiger partial charge in [0, 0.05) is 43.2 Å². The Balaban J connectivity index is 1.61. The van der Waals surface area contributed by atoms with Gasteiger partial charge in [-0.05, 0) is 102 Å². The number of Topliss-reactive ketones (excluding diaryl/α,β-unsaturated/α-hetero) is 2. The molecule has 0 saturated carbocycles. The van der Waals surface area contributed by atoms with Crippen LogP contribution in [0.4, 0.5) is 0 Å². The number of benzene rings is 4. The van der Waals surface area contributed by atoms with Gasteiger partial charge in [-0.15, -0.1) is 11.3 Å². The summed E-state index contributed by atoms with van der Waals surface area (Å²) in [4.78, 5) is 30.7. The molecule has 0 saturated heterocycles. The van der Waals surface area contributed by atoms with Gasteiger partial charge in [-0.2, -0.15) is 0 Å². The number of thiophene rings is 1. The van der Waals surface area contributed by atoms with Crippen LogP contribution >= 0.6 is 11.3 Å². The lowest BCUT2D eigenvalue weighted by Gasteiger charge is -2.32. The molecule has 1 aromatic heterocycles. The standard InChI is InChI=1S/C54H56O2S/c1-51(2,3)41-29-35(30-42(49(41)55)52(4,5)6)47(39-25-17-21-33-19-13-15-23-37(33)39)45-27-28-46(57-45)48(40-26-18-22-34-20-14-16-24-38(34)40)36-31-43(53(7,8)9)50(56)44(32-36)54(10,11)12/h13-32H,1-12H3. The van der Waals surface area contributed by atoms with Crippen LogP contribution in [0.1, 0.15) is 104 Å². The second kappa shape index (κ2) is 14.4. The maximum Gasteiger partial charge on any atom is 0.186 e. The third-order valence-corrected chi connectivity index (χ3v) is 12.3. The van der Waals surface area contributed by atoms with E-state index in [1.807, 2.05) is 0 Å². The highest BCUT2D eigenvalue weighted by atomic mass is 32.1. The number of hydrogen-bond donors (Lipinski definition) is 0. The minimum absolute atomic E-state index is 0.126. The molecule has 4 aromatic carbocycles. The number of carbonyl (C=O) groups excluding carboxylic acids is 2. The van der Waals surface area contributed by atoms with Crippen LogP contribution in [0.5, 0.6) is 0 Å². The Morgan fingerprint density at radius 3 is 1.00 bits per heavy atom. The van der Waals surface area contributed by atoms with E-state index in [0.717, 1.165) is 65.5 Å². The van der Waals surface area contributed by atoms with E-state index >= 15 is 0 Å².